The van der Waals surface area contributed by atoms with Crippen LogP contribution < -0.4 is 5.32 Å². The normalized spacial score (nSPS) is 22.3. The molecule has 2 atom stereocenters. The first-order valence-corrected chi connectivity index (χ1v) is 7.34. The van der Waals surface area contributed by atoms with Gasteiger partial charge in [-0.3, -0.25) is 19.8 Å². The summed E-state index contributed by atoms with van der Waals surface area (Å²) in [6.07, 6.45) is 0.154. The van der Waals surface area contributed by atoms with Gasteiger partial charge in [0, 0.05) is 24.8 Å². The molecule has 2 rings (SSSR count). The van der Waals surface area contributed by atoms with E-state index in [1.807, 2.05) is 18.7 Å². The SMILES string of the molecule is CC1CN(CC(=O)Nc2ccc(Cl)c([N+](=O)[O-])c2)CC(C)O1. The molecule has 0 aromatic heterocycles. The van der Waals surface area contributed by atoms with E-state index in [4.69, 9.17) is 16.3 Å². The molecule has 1 amide bonds. The molecule has 0 spiro atoms. The van der Waals surface area contributed by atoms with E-state index in [2.05, 4.69) is 5.32 Å². The number of nitrogens with zero attached hydrogens (tertiary/aromatic N) is 2. The van der Waals surface area contributed by atoms with E-state index in [0.717, 1.165) is 0 Å². The van der Waals surface area contributed by atoms with Gasteiger partial charge >= 0.3 is 0 Å². The van der Waals surface area contributed by atoms with Crippen LogP contribution in [-0.4, -0.2) is 47.6 Å². The molecule has 0 bridgehead atoms. The van der Waals surface area contributed by atoms with Gasteiger partial charge < -0.3 is 10.1 Å². The van der Waals surface area contributed by atoms with E-state index >= 15 is 0 Å². The van der Waals surface area contributed by atoms with Crippen LogP contribution in [0.4, 0.5) is 11.4 Å². The average Bonchev–Trinajstić information content (AvgIpc) is 2.39. The van der Waals surface area contributed by atoms with Crippen LogP contribution in [0, 0.1) is 10.1 Å². The largest absolute Gasteiger partial charge is 0.373 e. The van der Waals surface area contributed by atoms with Crippen molar-refractivity contribution in [2.75, 3.05) is 25.0 Å². The van der Waals surface area contributed by atoms with Gasteiger partial charge in [0.15, 0.2) is 0 Å². The number of ether oxygens (including phenoxy) is 1. The second kappa shape index (κ2) is 7.04. The fraction of sp³-hybridized carbons (Fsp3) is 0.500. The fourth-order valence-corrected chi connectivity index (χ4v) is 2.73. The Labute approximate surface area is 133 Å². The monoisotopic (exact) mass is 327 g/mol. The number of nitro benzene ring substituents is 1. The maximum absolute atomic E-state index is 12.1. The van der Waals surface area contributed by atoms with Crippen molar-refractivity contribution >= 4 is 28.9 Å². The summed E-state index contributed by atoms with van der Waals surface area (Å²) in [5.41, 5.74) is 0.128. The van der Waals surface area contributed by atoms with E-state index in [-0.39, 0.29) is 35.4 Å². The Balaban J connectivity index is 1.97. The number of hydrogen-bond donors (Lipinski definition) is 1. The number of anilines is 1. The summed E-state index contributed by atoms with van der Waals surface area (Å²) >= 11 is 5.74. The lowest BCUT2D eigenvalue weighted by molar-refractivity contribution is -0.384. The van der Waals surface area contributed by atoms with Gasteiger partial charge in [-0.2, -0.15) is 0 Å². The van der Waals surface area contributed by atoms with E-state index in [9.17, 15) is 14.9 Å². The van der Waals surface area contributed by atoms with Crippen molar-refractivity contribution in [2.45, 2.75) is 26.1 Å². The van der Waals surface area contributed by atoms with Gasteiger partial charge in [0.25, 0.3) is 5.69 Å². The molecular formula is C14H18ClN3O4. The van der Waals surface area contributed by atoms with E-state index in [0.29, 0.717) is 18.8 Å². The van der Waals surface area contributed by atoms with Crippen molar-refractivity contribution in [3.63, 3.8) is 0 Å². The standard InChI is InChI=1S/C14H18ClN3O4/c1-9-6-17(7-10(2)22-9)8-14(19)16-11-3-4-12(15)13(5-11)18(20)21/h3-5,9-10H,6-8H2,1-2H3,(H,16,19). The number of carbonyl (C=O) groups excluding carboxylic acids is 1. The quantitative estimate of drug-likeness (QED) is 0.677. The smallest absolute Gasteiger partial charge is 0.289 e. The van der Waals surface area contributed by atoms with Gasteiger partial charge in [-0.25, -0.2) is 0 Å². The van der Waals surface area contributed by atoms with Crippen LogP contribution in [-0.2, 0) is 9.53 Å². The third kappa shape index (κ3) is 4.40. The Morgan fingerprint density at radius 1 is 1.45 bits per heavy atom. The highest BCUT2D eigenvalue weighted by atomic mass is 35.5. The molecule has 0 aliphatic carbocycles. The van der Waals surface area contributed by atoms with Crippen molar-refractivity contribution in [1.29, 1.82) is 0 Å². The molecule has 8 heteroatoms. The molecule has 1 aliphatic heterocycles. The molecule has 1 aromatic carbocycles. The number of rotatable bonds is 4. The van der Waals surface area contributed by atoms with Crippen LogP contribution in [0.25, 0.3) is 0 Å². The summed E-state index contributed by atoms with van der Waals surface area (Å²) in [5, 5.41) is 13.5. The average molecular weight is 328 g/mol. The van der Waals surface area contributed by atoms with Crippen LogP contribution in [0.2, 0.25) is 5.02 Å². The number of morpholine rings is 1. The van der Waals surface area contributed by atoms with Gasteiger partial charge in [-0.05, 0) is 26.0 Å². The number of hydrogen-bond acceptors (Lipinski definition) is 5. The second-order valence-electron chi connectivity index (χ2n) is 5.42. The lowest BCUT2D eigenvalue weighted by atomic mass is 10.2. The molecule has 0 saturated carbocycles. The third-order valence-electron chi connectivity index (χ3n) is 3.29. The minimum absolute atomic E-state index is 0.0406. The van der Waals surface area contributed by atoms with Gasteiger partial charge in [-0.15, -0.1) is 0 Å². The molecule has 1 heterocycles. The zero-order chi connectivity index (χ0) is 16.3. The fourth-order valence-electron chi connectivity index (χ4n) is 2.55. The van der Waals surface area contributed by atoms with E-state index < -0.39 is 4.92 Å². The van der Waals surface area contributed by atoms with E-state index in [1.165, 1.54) is 18.2 Å². The lowest BCUT2D eigenvalue weighted by Crippen LogP contribution is -2.48. The van der Waals surface area contributed by atoms with Crippen LogP contribution in [0.15, 0.2) is 18.2 Å². The summed E-state index contributed by atoms with van der Waals surface area (Å²) in [4.78, 5) is 24.3. The molecule has 1 N–H and O–H groups in total. The highest BCUT2D eigenvalue weighted by Gasteiger charge is 2.24. The van der Waals surface area contributed by atoms with Crippen molar-refractivity contribution in [3.8, 4) is 0 Å². The molecule has 7 nitrogen and oxygen atoms in total. The Morgan fingerprint density at radius 2 is 2.09 bits per heavy atom. The minimum Gasteiger partial charge on any atom is -0.373 e. The zero-order valence-electron chi connectivity index (χ0n) is 12.4. The molecule has 22 heavy (non-hydrogen) atoms. The number of carbonyl (C=O) groups is 1. The molecule has 0 radical (unpaired) electrons. The van der Waals surface area contributed by atoms with Gasteiger partial charge in [-0.1, -0.05) is 11.6 Å². The molecule has 1 saturated heterocycles. The van der Waals surface area contributed by atoms with Gasteiger partial charge in [0.05, 0.1) is 23.7 Å². The molecule has 1 aliphatic rings. The summed E-state index contributed by atoms with van der Waals surface area (Å²) in [7, 11) is 0. The number of amides is 1. The Kier molecular flexibility index (Phi) is 5.33. The predicted octanol–water partition coefficient (Wildman–Crippen LogP) is 2.30. The Morgan fingerprint density at radius 3 is 2.68 bits per heavy atom. The topological polar surface area (TPSA) is 84.7 Å². The van der Waals surface area contributed by atoms with Crippen molar-refractivity contribution in [3.05, 3.63) is 33.3 Å². The summed E-state index contributed by atoms with van der Waals surface area (Å²) in [5.74, 6) is -0.224. The van der Waals surface area contributed by atoms with E-state index in [1.54, 1.807) is 0 Å². The lowest BCUT2D eigenvalue weighted by Gasteiger charge is -2.34. The van der Waals surface area contributed by atoms with Crippen molar-refractivity contribution in [1.82, 2.24) is 4.90 Å². The molecule has 120 valence electrons. The first-order valence-electron chi connectivity index (χ1n) is 6.96. The number of nitro groups is 1. The molecule has 1 fully saturated rings. The number of benzene rings is 1. The van der Waals surface area contributed by atoms with Gasteiger partial charge in [0.1, 0.15) is 5.02 Å². The predicted molar refractivity (Wildman–Crippen MR) is 83.2 cm³/mol. The first-order chi connectivity index (χ1) is 10.3. The number of nitrogens with one attached hydrogen (secondary N) is 1. The molecule has 1 aromatic rings. The van der Waals surface area contributed by atoms with Crippen molar-refractivity contribution < 1.29 is 14.5 Å². The highest BCUT2D eigenvalue weighted by Crippen LogP contribution is 2.27. The highest BCUT2D eigenvalue weighted by molar-refractivity contribution is 6.32. The zero-order valence-corrected chi connectivity index (χ0v) is 13.2. The van der Waals surface area contributed by atoms with Crippen molar-refractivity contribution in [2.24, 2.45) is 0 Å². The van der Waals surface area contributed by atoms with Gasteiger partial charge in [0.2, 0.25) is 5.91 Å². The molecule has 2 unspecified atom stereocenters. The summed E-state index contributed by atoms with van der Waals surface area (Å²) in [6.45, 7) is 5.50. The summed E-state index contributed by atoms with van der Waals surface area (Å²) in [6, 6.07) is 4.19. The van der Waals surface area contributed by atoms with Crippen LogP contribution in [0.3, 0.4) is 0 Å². The second-order valence-corrected chi connectivity index (χ2v) is 5.83. The minimum atomic E-state index is -0.580. The number of halogens is 1. The first kappa shape index (κ1) is 16.7. The third-order valence-corrected chi connectivity index (χ3v) is 3.61. The summed E-state index contributed by atoms with van der Waals surface area (Å²) < 4.78 is 5.61. The Bertz CT molecular complexity index is 571. The maximum Gasteiger partial charge on any atom is 0.289 e. The molecular weight excluding hydrogens is 310 g/mol. The van der Waals surface area contributed by atoms with Crippen LogP contribution in [0.5, 0.6) is 0 Å². The van der Waals surface area contributed by atoms with Crippen LogP contribution >= 0.6 is 11.6 Å². The van der Waals surface area contributed by atoms with Crippen LogP contribution in [0.1, 0.15) is 13.8 Å². The Hall–Kier alpha value is -1.70. The maximum atomic E-state index is 12.1.